The van der Waals surface area contributed by atoms with Gasteiger partial charge in [-0.25, -0.2) is 0 Å². The molecule has 118 valence electrons. The summed E-state index contributed by atoms with van der Waals surface area (Å²) in [5.74, 6) is -0.0859. The number of carbonyl (C=O) groups is 2. The molecule has 0 aromatic heterocycles. The second-order valence-electron chi connectivity index (χ2n) is 7.85. The SMILES string of the molecule is CN(C)c1ccc(C(=O)C2C(=O)C3(C)CCC2C3(C)C)cc1. The molecule has 2 bridgehead atoms. The molecule has 3 nitrogen and oxygen atoms in total. The van der Waals surface area contributed by atoms with Crippen LogP contribution >= 0.6 is 0 Å². The van der Waals surface area contributed by atoms with E-state index < -0.39 is 5.92 Å². The number of rotatable bonds is 3. The lowest BCUT2D eigenvalue weighted by molar-refractivity contribution is -0.130. The summed E-state index contributed by atoms with van der Waals surface area (Å²) in [7, 11) is 3.94. The lowest BCUT2D eigenvalue weighted by Gasteiger charge is -2.32. The van der Waals surface area contributed by atoms with Crippen LogP contribution in [-0.4, -0.2) is 25.7 Å². The molecule has 2 aliphatic carbocycles. The average molecular weight is 299 g/mol. The van der Waals surface area contributed by atoms with Crippen LogP contribution in [-0.2, 0) is 4.79 Å². The smallest absolute Gasteiger partial charge is 0.173 e. The van der Waals surface area contributed by atoms with Gasteiger partial charge < -0.3 is 4.90 Å². The highest BCUT2D eigenvalue weighted by atomic mass is 16.2. The van der Waals surface area contributed by atoms with Crippen LogP contribution < -0.4 is 4.90 Å². The van der Waals surface area contributed by atoms with E-state index >= 15 is 0 Å². The van der Waals surface area contributed by atoms with Crippen molar-refractivity contribution in [2.45, 2.75) is 33.6 Å². The van der Waals surface area contributed by atoms with Crippen LogP contribution in [0.15, 0.2) is 24.3 Å². The van der Waals surface area contributed by atoms with E-state index in [0.717, 1.165) is 18.5 Å². The third-order valence-electron chi connectivity index (χ3n) is 6.48. The van der Waals surface area contributed by atoms with E-state index in [1.165, 1.54) is 0 Å². The normalized spacial score (nSPS) is 32.3. The molecule has 0 aliphatic heterocycles. The van der Waals surface area contributed by atoms with Crippen molar-refractivity contribution in [3.8, 4) is 0 Å². The molecule has 3 rings (SSSR count). The van der Waals surface area contributed by atoms with Crippen molar-refractivity contribution in [2.75, 3.05) is 19.0 Å². The minimum atomic E-state index is -0.445. The number of anilines is 1. The molecule has 0 radical (unpaired) electrons. The maximum absolute atomic E-state index is 12.9. The fourth-order valence-corrected chi connectivity index (χ4v) is 4.49. The Morgan fingerprint density at radius 2 is 1.73 bits per heavy atom. The number of ketones is 2. The first kappa shape index (κ1) is 15.3. The van der Waals surface area contributed by atoms with E-state index in [9.17, 15) is 9.59 Å². The second kappa shape index (κ2) is 4.68. The average Bonchev–Trinajstić information content (AvgIpc) is 2.79. The Labute approximate surface area is 132 Å². The predicted molar refractivity (Wildman–Crippen MR) is 88.2 cm³/mol. The van der Waals surface area contributed by atoms with E-state index in [-0.39, 0.29) is 28.3 Å². The Balaban J connectivity index is 1.92. The van der Waals surface area contributed by atoms with Crippen LogP contribution in [0.3, 0.4) is 0 Å². The summed E-state index contributed by atoms with van der Waals surface area (Å²) in [6, 6.07) is 7.59. The number of fused-ring (bicyclic) bond motifs is 2. The lowest BCUT2D eigenvalue weighted by Crippen LogP contribution is -2.35. The molecule has 2 aliphatic rings. The summed E-state index contributed by atoms with van der Waals surface area (Å²) >= 11 is 0. The number of carbonyl (C=O) groups excluding carboxylic acids is 2. The zero-order chi connectivity index (χ0) is 16.3. The van der Waals surface area contributed by atoms with Crippen LogP contribution in [0.1, 0.15) is 44.0 Å². The number of hydrogen-bond acceptors (Lipinski definition) is 3. The summed E-state index contributed by atoms with van der Waals surface area (Å²) in [4.78, 5) is 27.8. The van der Waals surface area contributed by atoms with Crippen molar-refractivity contribution in [2.24, 2.45) is 22.7 Å². The van der Waals surface area contributed by atoms with Crippen LogP contribution in [0.25, 0.3) is 0 Å². The van der Waals surface area contributed by atoms with Gasteiger partial charge in [-0.05, 0) is 48.4 Å². The van der Waals surface area contributed by atoms with Gasteiger partial charge in [0.05, 0.1) is 5.92 Å². The monoisotopic (exact) mass is 299 g/mol. The van der Waals surface area contributed by atoms with E-state index in [0.29, 0.717) is 5.56 Å². The zero-order valence-corrected chi connectivity index (χ0v) is 14.1. The van der Waals surface area contributed by atoms with E-state index in [1.54, 1.807) is 0 Å². The number of nitrogens with zero attached hydrogens (tertiary/aromatic N) is 1. The molecule has 0 N–H and O–H groups in total. The molecule has 1 aromatic rings. The van der Waals surface area contributed by atoms with Gasteiger partial charge in [-0.3, -0.25) is 9.59 Å². The highest BCUT2D eigenvalue weighted by Crippen LogP contribution is 2.66. The van der Waals surface area contributed by atoms with Gasteiger partial charge in [-0.1, -0.05) is 20.8 Å². The largest absolute Gasteiger partial charge is 0.378 e. The summed E-state index contributed by atoms with van der Waals surface area (Å²) < 4.78 is 0. The Bertz CT molecular complexity index is 629. The molecule has 2 saturated carbocycles. The van der Waals surface area contributed by atoms with Gasteiger partial charge in [0.25, 0.3) is 0 Å². The molecular weight excluding hydrogens is 274 g/mol. The third-order valence-corrected chi connectivity index (χ3v) is 6.48. The minimum absolute atomic E-state index is 0.0109. The Morgan fingerprint density at radius 3 is 2.18 bits per heavy atom. The van der Waals surface area contributed by atoms with Crippen molar-refractivity contribution in [1.82, 2.24) is 0 Å². The fraction of sp³-hybridized carbons (Fsp3) is 0.579. The predicted octanol–water partition coefficient (Wildman–Crippen LogP) is 3.58. The van der Waals surface area contributed by atoms with E-state index in [2.05, 4.69) is 20.8 Å². The molecule has 0 heterocycles. The second-order valence-corrected chi connectivity index (χ2v) is 7.85. The first-order chi connectivity index (χ1) is 10.2. The van der Waals surface area contributed by atoms with Gasteiger partial charge in [0.2, 0.25) is 0 Å². The lowest BCUT2D eigenvalue weighted by atomic mass is 9.70. The maximum Gasteiger partial charge on any atom is 0.173 e. The van der Waals surface area contributed by atoms with Crippen molar-refractivity contribution >= 4 is 17.3 Å². The Hall–Kier alpha value is -1.64. The van der Waals surface area contributed by atoms with Gasteiger partial charge >= 0.3 is 0 Å². The number of Topliss-reactive ketones (excluding diaryl/α,β-unsaturated/α-hetero) is 2. The van der Waals surface area contributed by atoms with Crippen LogP contribution in [0.5, 0.6) is 0 Å². The van der Waals surface area contributed by atoms with E-state index in [1.807, 2.05) is 43.3 Å². The van der Waals surface area contributed by atoms with Crippen LogP contribution in [0.2, 0.25) is 0 Å². The van der Waals surface area contributed by atoms with Crippen molar-refractivity contribution in [3.63, 3.8) is 0 Å². The Morgan fingerprint density at radius 1 is 1.14 bits per heavy atom. The topological polar surface area (TPSA) is 37.4 Å². The van der Waals surface area contributed by atoms with Crippen molar-refractivity contribution in [3.05, 3.63) is 29.8 Å². The Kier molecular flexibility index (Phi) is 3.24. The van der Waals surface area contributed by atoms with Crippen LogP contribution in [0, 0.1) is 22.7 Å². The standard InChI is InChI=1S/C19H25NO2/c1-18(2)14-10-11-19(18,3)17(22)15(14)16(21)12-6-8-13(9-7-12)20(4)5/h6-9,14-15H,10-11H2,1-5H3. The van der Waals surface area contributed by atoms with Gasteiger partial charge in [0.1, 0.15) is 5.78 Å². The first-order valence-corrected chi connectivity index (χ1v) is 8.06. The molecule has 0 amide bonds. The molecule has 2 fully saturated rings. The van der Waals surface area contributed by atoms with Gasteiger partial charge in [0.15, 0.2) is 5.78 Å². The molecule has 1 aromatic carbocycles. The molecule has 3 atom stereocenters. The highest BCUT2D eigenvalue weighted by Gasteiger charge is 2.67. The number of hydrogen-bond donors (Lipinski definition) is 0. The summed E-state index contributed by atoms with van der Waals surface area (Å²) in [5, 5.41) is 0. The van der Waals surface area contributed by atoms with Gasteiger partial charge in [-0.2, -0.15) is 0 Å². The molecule has 0 spiro atoms. The summed E-state index contributed by atoms with van der Waals surface area (Å²) in [6.45, 7) is 6.37. The first-order valence-electron chi connectivity index (χ1n) is 8.06. The number of benzene rings is 1. The van der Waals surface area contributed by atoms with Crippen LogP contribution in [0.4, 0.5) is 5.69 Å². The zero-order valence-electron chi connectivity index (χ0n) is 14.1. The molecule has 3 heteroatoms. The van der Waals surface area contributed by atoms with Gasteiger partial charge in [-0.15, -0.1) is 0 Å². The van der Waals surface area contributed by atoms with Gasteiger partial charge in [0, 0.05) is 30.8 Å². The van der Waals surface area contributed by atoms with Crippen molar-refractivity contribution < 1.29 is 9.59 Å². The van der Waals surface area contributed by atoms with E-state index in [4.69, 9.17) is 0 Å². The molecule has 3 unspecified atom stereocenters. The minimum Gasteiger partial charge on any atom is -0.378 e. The summed E-state index contributed by atoms with van der Waals surface area (Å²) in [5.41, 5.74) is 1.31. The molecule has 0 saturated heterocycles. The summed E-state index contributed by atoms with van der Waals surface area (Å²) in [6.07, 6.45) is 1.91. The quantitative estimate of drug-likeness (QED) is 0.632. The fourth-order valence-electron chi connectivity index (χ4n) is 4.49. The third kappa shape index (κ3) is 1.81. The molecule has 22 heavy (non-hydrogen) atoms. The molecular formula is C19H25NO2. The van der Waals surface area contributed by atoms with Crippen molar-refractivity contribution in [1.29, 1.82) is 0 Å². The highest BCUT2D eigenvalue weighted by molar-refractivity contribution is 6.14. The maximum atomic E-state index is 12.9.